The lowest BCUT2D eigenvalue weighted by molar-refractivity contribution is 0.283. The van der Waals surface area contributed by atoms with Gasteiger partial charge in [-0.2, -0.15) is 5.10 Å². The molecule has 0 radical (unpaired) electrons. The molecule has 0 atom stereocenters. The second-order valence-corrected chi connectivity index (χ2v) is 4.73. The number of amidine groups is 1. The van der Waals surface area contributed by atoms with Crippen LogP contribution >= 0.6 is 0 Å². The summed E-state index contributed by atoms with van der Waals surface area (Å²) in [4.78, 5) is 0. The lowest BCUT2D eigenvalue weighted by Crippen LogP contribution is -2.11. The van der Waals surface area contributed by atoms with E-state index in [0.717, 1.165) is 5.69 Å². The summed E-state index contributed by atoms with van der Waals surface area (Å²) in [7, 11) is 0. The molecular weight excluding hydrogens is 259 g/mol. The van der Waals surface area contributed by atoms with Crippen molar-refractivity contribution in [2.24, 2.45) is 5.73 Å². The highest BCUT2D eigenvalue weighted by Gasteiger charge is 2.08. The van der Waals surface area contributed by atoms with Crippen LogP contribution in [0.25, 0.3) is 0 Å². The van der Waals surface area contributed by atoms with Crippen molar-refractivity contribution in [3.8, 4) is 5.75 Å². The van der Waals surface area contributed by atoms with Crippen LogP contribution in [0.4, 0.5) is 4.39 Å². The van der Waals surface area contributed by atoms with E-state index < -0.39 is 5.82 Å². The van der Waals surface area contributed by atoms with Gasteiger partial charge in [0.1, 0.15) is 12.4 Å². The third-order valence-electron chi connectivity index (χ3n) is 2.81. The molecule has 1 aromatic heterocycles. The predicted octanol–water partition coefficient (Wildman–Crippen LogP) is 2.47. The Morgan fingerprint density at radius 1 is 1.45 bits per heavy atom. The van der Waals surface area contributed by atoms with Gasteiger partial charge in [0.2, 0.25) is 0 Å². The topological polar surface area (TPSA) is 76.9 Å². The zero-order chi connectivity index (χ0) is 14.7. The number of benzene rings is 1. The van der Waals surface area contributed by atoms with Crippen LogP contribution in [0.15, 0.2) is 30.5 Å². The molecule has 2 aromatic rings. The molecule has 3 N–H and O–H groups in total. The third-order valence-corrected chi connectivity index (χ3v) is 2.81. The van der Waals surface area contributed by atoms with Gasteiger partial charge in [-0.25, -0.2) is 4.39 Å². The second kappa shape index (κ2) is 5.73. The molecule has 106 valence electrons. The van der Waals surface area contributed by atoms with Gasteiger partial charge in [0, 0.05) is 17.8 Å². The summed E-state index contributed by atoms with van der Waals surface area (Å²) in [5, 5.41) is 11.6. The highest BCUT2D eigenvalue weighted by atomic mass is 19.1. The highest BCUT2D eigenvalue weighted by molar-refractivity contribution is 5.95. The smallest absolute Gasteiger partial charge is 0.165 e. The first-order valence-electron chi connectivity index (χ1n) is 6.28. The number of halogens is 1. The van der Waals surface area contributed by atoms with E-state index >= 15 is 0 Å². The van der Waals surface area contributed by atoms with E-state index in [4.69, 9.17) is 15.9 Å². The number of hydrogen-bond donors (Lipinski definition) is 2. The van der Waals surface area contributed by atoms with Gasteiger partial charge >= 0.3 is 0 Å². The summed E-state index contributed by atoms with van der Waals surface area (Å²) < 4.78 is 20.9. The van der Waals surface area contributed by atoms with E-state index in [-0.39, 0.29) is 24.2 Å². The van der Waals surface area contributed by atoms with Crippen molar-refractivity contribution >= 4 is 5.84 Å². The number of aromatic nitrogens is 2. The summed E-state index contributed by atoms with van der Waals surface area (Å²) in [6.07, 6.45) is 1.86. The molecule has 6 heteroatoms. The Labute approximate surface area is 116 Å². The number of nitrogens with zero attached hydrogens (tertiary/aromatic N) is 2. The van der Waals surface area contributed by atoms with Crippen LogP contribution in [0, 0.1) is 11.2 Å². The van der Waals surface area contributed by atoms with Crippen LogP contribution in [-0.4, -0.2) is 15.6 Å². The van der Waals surface area contributed by atoms with Crippen molar-refractivity contribution in [3.63, 3.8) is 0 Å². The molecule has 1 heterocycles. The first kappa shape index (κ1) is 14.0. The van der Waals surface area contributed by atoms with Crippen LogP contribution in [0.5, 0.6) is 5.75 Å². The molecule has 0 spiro atoms. The maximum Gasteiger partial charge on any atom is 0.165 e. The van der Waals surface area contributed by atoms with Gasteiger partial charge in [0.05, 0.1) is 5.69 Å². The van der Waals surface area contributed by atoms with Crippen molar-refractivity contribution in [1.82, 2.24) is 9.78 Å². The quantitative estimate of drug-likeness (QED) is 0.650. The van der Waals surface area contributed by atoms with Gasteiger partial charge in [-0.05, 0) is 38.1 Å². The fourth-order valence-electron chi connectivity index (χ4n) is 1.68. The first-order valence-corrected chi connectivity index (χ1v) is 6.28. The largest absolute Gasteiger partial charge is 0.484 e. The van der Waals surface area contributed by atoms with Crippen molar-refractivity contribution in [2.45, 2.75) is 26.5 Å². The summed E-state index contributed by atoms with van der Waals surface area (Å²) in [5.74, 6) is -0.596. The molecule has 0 aliphatic rings. The molecular formula is C14H17FN4O. The number of nitrogens with one attached hydrogen (secondary N) is 1. The van der Waals surface area contributed by atoms with Crippen LogP contribution in [0.1, 0.15) is 31.1 Å². The molecule has 0 aliphatic carbocycles. The summed E-state index contributed by atoms with van der Waals surface area (Å²) >= 11 is 0. The number of nitrogen functional groups attached to an aromatic ring is 1. The van der Waals surface area contributed by atoms with Crippen LogP contribution < -0.4 is 10.5 Å². The minimum Gasteiger partial charge on any atom is -0.484 e. The molecule has 2 rings (SSSR count). The monoisotopic (exact) mass is 276 g/mol. The van der Waals surface area contributed by atoms with Crippen molar-refractivity contribution in [3.05, 3.63) is 47.5 Å². The Kier molecular flexibility index (Phi) is 4.02. The minimum atomic E-state index is -0.541. The zero-order valence-corrected chi connectivity index (χ0v) is 11.4. The number of rotatable bonds is 5. The molecule has 5 nitrogen and oxygen atoms in total. The molecule has 1 aromatic carbocycles. The van der Waals surface area contributed by atoms with Crippen LogP contribution in [-0.2, 0) is 6.61 Å². The average Bonchev–Trinajstić information content (AvgIpc) is 2.86. The maximum atomic E-state index is 13.7. The van der Waals surface area contributed by atoms with Crippen molar-refractivity contribution < 1.29 is 9.13 Å². The Morgan fingerprint density at radius 3 is 2.75 bits per heavy atom. The standard InChI is InChI=1S/C14H17FN4O/c1-9(2)19-6-5-11(18-19)8-20-13-4-3-10(14(16)17)7-12(13)15/h3-7,9H,8H2,1-2H3,(H3,16,17). The van der Waals surface area contributed by atoms with Gasteiger partial charge in [0.15, 0.2) is 11.6 Å². The lowest BCUT2D eigenvalue weighted by atomic mass is 10.2. The van der Waals surface area contributed by atoms with Gasteiger partial charge in [0.25, 0.3) is 0 Å². The van der Waals surface area contributed by atoms with Gasteiger partial charge in [-0.15, -0.1) is 0 Å². The summed E-state index contributed by atoms with van der Waals surface area (Å²) in [6, 6.07) is 6.31. The predicted molar refractivity (Wildman–Crippen MR) is 74.4 cm³/mol. The van der Waals surface area contributed by atoms with Crippen LogP contribution in [0.2, 0.25) is 0 Å². The highest BCUT2D eigenvalue weighted by Crippen LogP contribution is 2.19. The van der Waals surface area contributed by atoms with E-state index in [1.54, 1.807) is 6.07 Å². The van der Waals surface area contributed by atoms with Gasteiger partial charge < -0.3 is 10.5 Å². The molecule has 0 bridgehead atoms. The zero-order valence-electron chi connectivity index (χ0n) is 11.4. The van der Waals surface area contributed by atoms with E-state index in [9.17, 15) is 4.39 Å². The average molecular weight is 276 g/mol. The summed E-state index contributed by atoms with van der Waals surface area (Å²) in [6.45, 7) is 4.24. The van der Waals surface area contributed by atoms with E-state index in [1.807, 2.05) is 30.8 Å². The van der Waals surface area contributed by atoms with Gasteiger partial charge in [-0.1, -0.05) is 0 Å². The summed E-state index contributed by atoms with van der Waals surface area (Å²) in [5.41, 5.74) is 6.35. The fourth-order valence-corrected chi connectivity index (χ4v) is 1.68. The van der Waals surface area contributed by atoms with Crippen molar-refractivity contribution in [1.29, 1.82) is 5.41 Å². The molecule has 0 saturated heterocycles. The second-order valence-electron chi connectivity index (χ2n) is 4.73. The Morgan fingerprint density at radius 2 is 2.20 bits per heavy atom. The normalized spacial score (nSPS) is 10.8. The first-order chi connectivity index (χ1) is 9.47. The molecule has 20 heavy (non-hydrogen) atoms. The number of nitrogens with two attached hydrogens (primary N) is 1. The Hall–Kier alpha value is -2.37. The molecule has 0 amide bonds. The van der Waals surface area contributed by atoms with E-state index in [2.05, 4.69) is 5.10 Å². The van der Waals surface area contributed by atoms with E-state index in [1.165, 1.54) is 12.1 Å². The minimum absolute atomic E-state index is 0.120. The molecule has 0 fully saturated rings. The van der Waals surface area contributed by atoms with Crippen LogP contribution in [0.3, 0.4) is 0 Å². The van der Waals surface area contributed by atoms with Gasteiger partial charge in [-0.3, -0.25) is 10.1 Å². The number of ether oxygens (including phenoxy) is 1. The maximum absolute atomic E-state index is 13.7. The Bertz CT molecular complexity index is 621. The molecule has 0 unspecified atom stereocenters. The fraction of sp³-hybridized carbons (Fsp3) is 0.286. The van der Waals surface area contributed by atoms with E-state index in [0.29, 0.717) is 5.56 Å². The van der Waals surface area contributed by atoms with Crippen molar-refractivity contribution in [2.75, 3.05) is 0 Å². The SMILES string of the molecule is CC(C)n1ccc(COc2ccc(C(=N)N)cc2F)n1. The Balaban J connectivity index is 2.05. The third kappa shape index (κ3) is 3.14. The molecule has 0 saturated carbocycles. The number of hydrogen-bond acceptors (Lipinski definition) is 3. The lowest BCUT2D eigenvalue weighted by Gasteiger charge is -2.07. The molecule has 0 aliphatic heterocycles.